The van der Waals surface area contributed by atoms with Crippen LogP contribution < -0.4 is 5.73 Å². The van der Waals surface area contributed by atoms with Gasteiger partial charge in [-0.05, 0) is 17.7 Å². The first kappa shape index (κ1) is 12.1. The summed E-state index contributed by atoms with van der Waals surface area (Å²) < 4.78 is 35.4. The number of benzene rings is 1. The Morgan fingerprint density at radius 2 is 1.54 bits per heavy atom. The molecule has 1 aromatic rings. The summed E-state index contributed by atoms with van der Waals surface area (Å²) >= 11 is 0. The minimum Gasteiger partial charge on any atom is -0.399 e. The van der Waals surface area contributed by atoms with Gasteiger partial charge in [-0.3, -0.25) is 0 Å². The van der Waals surface area contributed by atoms with Gasteiger partial charge in [0.25, 0.3) is 0 Å². The lowest BCUT2D eigenvalue weighted by Gasteiger charge is -2.05. The summed E-state index contributed by atoms with van der Waals surface area (Å²) in [6.07, 6.45) is -5.04. The summed E-state index contributed by atoms with van der Waals surface area (Å²) in [5.74, 6) is 0. The van der Waals surface area contributed by atoms with Gasteiger partial charge < -0.3 is 5.73 Å². The first-order valence-electron chi connectivity index (χ1n) is 3.38. The van der Waals surface area contributed by atoms with Crippen molar-refractivity contribution in [1.29, 1.82) is 0 Å². The van der Waals surface area contributed by atoms with Crippen LogP contribution in [-0.2, 0) is 6.42 Å². The monoisotopic (exact) mass is 211 g/mol. The summed E-state index contributed by atoms with van der Waals surface area (Å²) in [5.41, 5.74) is 6.02. The Labute approximate surface area is 80.2 Å². The Morgan fingerprint density at radius 1 is 1.08 bits per heavy atom. The summed E-state index contributed by atoms with van der Waals surface area (Å²) in [6, 6.07) is 5.67. The van der Waals surface area contributed by atoms with Crippen molar-refractivity contribution < 1.29 is 13.2 Å². The molecule has 2 N–H and O–H groups in total. The maximum Gasteiger partial charge on any atom is 0.393 e. The fourth-order valence-electron chi connectivity index (χ4n) is 0.867. The number of nitrogens with two attached hydrogens (primary N) is 1. The Morgan fingerprint density at radius 3 is 1.92 bits per heavy atom. The van der Waals surface area contributed by atoms with Gasteiger partial charge in [0.1, 0.15) is 0 Å². The molecule has 0 fully saturated rings. The lowest BCUT2D eigenvalue weighted by Crippen LogP contribution is -2.11. The van der Waals surface area contributed by atoms with Crippen molar-refractivity contribution >= 4 is 18.1 Å². The van der Waals surface area contributed by atoms with Crippen LogP contribution in [-0.4, -0.2) is 6.18 Å². The highest BCUT2D eigenvalue weighted by Crippen LogP contribution is 2.21. The van der Waals surface area contributed by atoms with Crippen molar-refractivity contribution in [3.63, 3.8) is 0 Å². The lowest BCUT2D eigenvalue weighted by molar-refractivity contribution is -0.127. The molecule has 5 heteroatoms. The van der Waals surface area contributed by atoms with Gasteiger partial charge in [-0.15, -0.1) is 12.4 Å². The molecule has 0 aliphatic heterocycles. The van der Waals surface area contributed by atoms with E-state index in [0.29, 0.717) is 5.69 Å². The highest BCUT2D eigenvalue weighted by molar-refractivity contribution is 5.85. The average Bonchev–Trinajstić information content (AvgIpc) is 1.91. The molecular weight excluding hydrogens is 203 g/mol. The van der Waals surface area contributed by atoms with E-state index in [9.17, 15) is 13.2 Å². The SMILES string of the molecule is Cl.Nc1ccc(CC(F)(F)F)cc1. The molecular formula is C8H9ClF3N. The molecule has 0 aliphatic carbocycles. The Balaban J connectivity index is 0.00000144. The summed E-state index contributed by atoms with van der Waals surface area (Å²) in [7, 11) is 0. The normalized spacial score (nSPS) is 10.7. The van der Waals surface area contributed by atoms with Crippen LogP contribution in [0, 0.1) is 0 Å². The van der Waals surface area contributed by atoms with Crippen LogP contribution in [0.5, 0.6) is 0 Å². The average molecular weight is 212 g/mol. The van der Waals surface area contributed by atoms with Crippen molar-refractivity contribution in [2.45, 2.75) is 12.6 Å². The van der Waals surface area contributed by atoms with E-state index in [1.54, 1.807) is 0 Å². The van der Waals surface area contributed by atoms with Gasteiger partial charge in [-0.25, -0.2) is 0 Å². The molecule has 1 aromatic carbocycles. The topological polar surface area (TPSA) is 26.0 Å². The molecule has 74 valence electrons. The third-order valence-corrected chi connectivity index (χ3v) is 1.38. The van der Waals surface area contributed by atoms with Crippen molar-refractivity contribution in [3.8, 4) is 0 Å². The predicted octanol–water partition coefficient (Wildman–Crippen LogP) is 2.80. The first-order chi connectivity index (χ1) is 5.47. The molecule has 0 atom stereocenters. The van der Waals surface area contributed by atoms with Gasteiger partial charge in [-0.1, -0.05) is 12.1 Å². The lowest BCUT2D eigenvalue weighted by atomic mass is 10.1. The molecule has 0 aromatic heterocycles. The maximum atomic E-state index is 11.8. The quantitative estimate of drug-likeness (QED) is 0.711. The molecule has 0 saturated carbocycles. The van der Waals surface area contributed by atoms with Gasteiger partial charge in [0.2, 0.25) is 0 Å². The first-order valence-corrected chi connectivity index (χ1v) is 3.38. The van der Waals surface area contributed by atoms with Crippen molar-refractivity contribution in [2.75, 3.05) is 5.73 Å². The molecule has 13 heavy (non-hydrogen) atoms. The highest BCUT2D eigenvalue weighted by Gasteiger charge is 2.27. The summed E-state index contributed by atoms with van der Waals surface area (Å²) in [5, 5.41) is 0. The number of alkyl halides is 3. The van der Waals surface area contributed by atoms with Crippen LogP contribution in [0.1, 0.15) is 5.56 Å². The van der Waals surface area contributed by atoms with Crippen LogP contribution in [0.2, 0.25) is 0 Å². The zero-order valence-corrected chi connectivity index (χ0v) is 7.45. The van der Waals surface area contributed by atoms with E-state index < -0.39 is 12.6 Å². The van der Waals surface area contributed by atoms with Crippen molar-refractivity contribution in [1.82, 2.24) is 0 Å². The van der Waals surface area contributed by atoms with E-state index in [1.807, 2.05) is 0 Å². The number of halogens is 4. The highest BCUT2D eigenvalue weighted by atomic mass is 35.5. The predicted molar refractivity (Wildman–Crippen MR) is 47.9 cm³/mol. The smallest absolute Gasteiger partial charge is 0.393 e. The number of rotatable bonds is 1. The number of nitrogen functional groups attached to an aromatic ring is 1. The Hall–Kier alpha value is -0.900. The second-order valence-electron chi connectivity index (χ2n) is 2.53. The van der Waals surface area contributed by atoms with E-state index in [0.717, 1.165) is 0 Å². The molecule has 0 aliphatic rings. The standard InChI is InChI=1S/C8H8F3N.ClH/c9-8(10,11)5-6-1-3-7(12)4-2-6;/h1-4H,5,12H2;1H. The van der Waals surface area contributed by atoms with Gasteiger partial charge >= 0.3 is 6.18 Å². The molecule has 0 unspecified atom stereocenters. The molecule has 0 radical (unpaired) electrons. The maximum absolute atomic E-state index is 11.8. The minimum atomic E-state index is -4.14. The van der Waals surface area contributed by atoms with E-state index in [2.05, 4.69) is 0 Å². The second kappa shape index (κ2) is 4.37. The van der Waals surface area contributed by atoms with Gasteiger partial charge in [0, 0.05) is 5.69 Å². The Bertz CT molecular complexity index is 255. The summed E-state index contributed by atoms with van der Waals surface area (Å²) in [6.45, 7) is 0. The molecule has 0 bridgehead atoms. The van der Waals surface area contributed by atoms with Crippen LogP contribution in [0.3, 0.4) is 0 Å². The number of hydrogen-bond donors (Lipinski definition) is 1. The van der Waals surface area contributed by atoms with Crippen LogP contribution in [0.25, 0.3) is 0 Å². The molecule has 1 nitrogen and oxygen atoms in total. The summed E-state index contributed by atoms with van der Waals surface area (Å²) in [4.78, 5) is 0. The van der Waals surface area contributed by atoms with Crippen LogP contribution in [0.4, 0.5) is 18.9 Å². The Kier molecular flexibility index (Phi) is 4.07. The second-order valence-corrected chi connectivity index (χ2v) is 2.53. The number of anilines is 1. The van der Waals surface area contributed by atoms with Crippen molar-refractivity contribution in [3.05, 3.63) is 29.8 Å². The zero-order chi connectivity index (χ0) is 9.19. The third kappa shape index (κ3) is 4.62. The molecule has 1 rings (SSSR count). The number of hydrogen-bond acceptors (Lipinski definition) is 1. The molecule has 0 spiro atoms. The zero-order valence-electron chi connectivity index (χ0n) is 6.64. The van der Waals surface area contributed by atoms with Crippen LogP contribution >= 0.6 is 12.4 Å². The molecule has 0 heterocycles. The fourth-order valence-corrected chi connectivity index (χ4v) is 0.867. The van der Waals surface area contributed by atoms with Crippen molar-refractivity contribution in [2.24, 2.45) is 0 Å². The third-order valence-electron chi connectivity index (χ3n) is 1.38. The van der Waals surface area contributed by atoms with Gasteiger partial charge in [-0.2, -0.15) is 13.2 Å². The van der Waals surface area contributed by atoms with E-state index >= 15 is 0 Å². The van der Waals surface area contributed by atoms with E-state index in [4.69, 9.17) is 5.73 Å². The molecule has 0 saturated heterocycles. The van der Waals surface area contributed by atoms with E-state index in [1.165, 1.54) is 24.3 Å². The van der Waals surface area contributed by atoms with Gasteiger partial charge in [0.05, 0.1) is 6.42 Å². The van der Waals surface area contributed by atoms with E-state index in [-0.39, 0.29) is 18.0 Å². The fraction of sp³-hybridized carbons (Fsp3) is 0.250. The largest absolute Gasteiger partial charge is 0.399 e. The van der Waals surface area contributed by atoms with Crippen LogP contribution in [0.15, 0.2) is 24.3 Å². The van der Waals surface area contributed by atoms with Gasteiger partial charge in [0.15, 0.2) is 0 Å². The minimum absolute atomic E-state index is 0. The molecule has 0 amide bonds.